The van der Waals surface area contributed by atoms with E-state index in [4.69, 9.17) is 0 Å². The lowest BCUT2D eigenvalue weighted by Crippen LogP contribution is -2.25. The predicted octanol–water partition coefficient (Wildman–Crippen LogP) is 2.60. The molecule has 1 aromatic carbocycles. The summed E-state index contributed by atoms with van der Waals surface area (Å²) in [5.41, 5.74) is 0.169. The Hall–Kier alpha value is -1.07. The Balaban J connectivity index is 1.57. The van der Waals surface area contributed by atoms with Crippen molar-refractivity contribution in [1.82, 2.24) is 10.2 Å². The number of benzene rings is 1. The largest absolute Gasteiger partial charge is 0.416 e. The number of fused-ring (bicyclic) bond motifs is 1. The van der Waals surface area contributed by atoms with Gasteiger partial charge in [-0.3, -0.25) is 0 Å². The van der Waals surface area contributed by atoms with Gasteiger partial charge in [0.2, 0.25) is 0 Å². The van der Waals surface area contributed by atoms with Crippen LogP contribution in [0.15, 0.2) is 24.3 Å². The van der Waals surface area contributed by atoms with Crippen LogP contribution in [0.2, 0.25) is 0 Å². The van der Waals surface area contributed by atoms with E-state index in [9.17, 15) is 13.2 Å². The molecule has 5 heteroatoms. The van der Waals surface area contributed by atoms with Gasteiger partial charge < -0.3 is 10.2 Å². The van der Waals surface area contributed by atoms with E-state index in [0.29, 0.717) is 6.54 Å². The molecule has 1 aliphatic heterocycles. The van der Waals surface area contributed by atoms with Gasteiger partial charge in [0.25, 0.3) is 0 Å². The molecule has 1 aliphatic carbocycles. The van der Waals surface area contributed by atoms with Gasteiger partial charge in [-0.1, -0.05) is 18.2 Å². The van der Waals surface area contributed by atoms with E-state index in [1.807, 2.05) is 7.05 Å². The minimum Gasteiger partial charge on any atom is -0.316 e. The van der Waals surface area contributed by atoms with Crippen LogP contribution in [-0.2, 0) is 12.7 Å². The highest BCUT2D eigenvalue weighted by atomic mass is 19.4. The third kappa shape index (κ3) is 2.83. The van der Waals surface area contributed by atoms with Gasteiger partial charge in [-0.05, 0) is 49.5 Å². The number of nitrogens with one attached hydrogen (secondary N) is 1. The number of alkyl halides is 3. The Morgan fingerprint density at radius 1 is 1.25 bits per heavy atom. The van der Waals surface area contributed by atoms with E-state index < -0.39 is 11.7 Å². The quantitative estimate of drug-likeness (QED) is 0.914. The molecule has 1 unspecified atom stereocenters. The van der Waals surface area contributed by atoms with Crippen LogP contribution < -0.4 is 5.32 Å². The molecule has 2 fully saturated rings. The second-order valence-electron chi connectivity index (χ2n) is 6.04. The summed E-state index contributed by atoms with van der Waals surface area (Å²) in [7, 11) is 1.99. The summed E-state index contributed by atoms with van der Waals surface area (Å²) >= 11 is 0. The first-order valence-corrected chi connectivity index (χ1v) is 7.00. The maximum absolute atomic E-state index is 12.7. The van der Waals surface area contributed by atoms with Crippen LogP contribution in [0.1, 0.15) is 11.1 Å². The van der Waals surface area contributed by atoms with Crippen molar-refractivity contribution >= 4 is 0 Å². The Morgan fingerprint density at radius 2 is 1.95 bits per heavy atom. The average Bonchev–Trinajstić information content (AvgIpc) is 2.83. The smallest absolute Gasteiger partial charge is 0.316 e. The molecular weight excluding hydrogens is 265 g/mol. The van der Waals surface area contributed by atoms with Gasteiger partial charge in [0, 0.05) is 13.1 Å². The standard InChI is InChI=1S/C15H19F3N2/c1-20(9-14-12-6-19-7-13(12)14)8-10-3-2-4-11(5-10)15(16,17)18/h2-5,12-14,19H,6-9H2,1H3/t12-,13+,14?. The molecule has 0 radical (unpaired) electrons. The molecule has 0 aromatic heterocycles. The summed E-state index contributed by atoms with van der Waals surface area (Å²) in [5, 5.41) is 3.36. The van der Waals surface area contributed by atoms with Gasteiger partial charge in [-0.15, -0.1) is 0 Å². The molecule has 0 spiro atoms. The van der Waals surface area contributed by atoms with E-state index in [-0.39, 0.29) is 0 Å². The van der Waals surface area contributed by atoms with Gasteiger partial charge >= 0.3 is 6.18 Å². The van der Waals surface area contributed by atoms with Crippen molar-refractivity contribution < 1.29 is 13.2 Å². The van der Waals surface area contributed by atoms with E-state index in [2.05, 4.69) is 10.2 Å². The van der Waals surface area contributed by atoms with Crippen LogP contribution in [0.5, 0.6) is 0 Å². The number of halogens is 3. The summed E-state index contributed by atoms with van der Waals surface area (Å²) < 4.78 is 38.0. The zero-order chi connectivity index (χ0) is 14.3. The number of hydrogen-bond donors (Lipinski definition) is 1. The molecule has 3 atom stereocenters. The SMILES string of the molecule is CN(Cc1cccc(C(F)(F)F)c1)CC1[C@H]2CNC[C@@H]12. The molecule has 2 aliphatic rings. The molecule has 1 N–H and O–H groups in total. The molecule has 2 nitrogen and oxygen atoms in total. The number of nitrogens with zero attached hydrogens (tertiary/aromatic N) is 1. The van der Waals surface area contributed by atoms with Crippen LogP contribution in [-0.4, -0.2) is 31.6 Å². The maximum atomic E-state index is 12.7. The highest BCUT2D eigenvalue weighted by Gasteiger charge is 2.52. The third-order valence-corrected chi connectivity index (χ3v) is 4.50. The lowest BCUT2D eigenvalue weighted by molar-refractivity contribution is -0.137. The van der Waals surface area contributed by atoms with Crippen molar-refractivity contribution in [2.24, 2.45) is 17.8 Å². The van der Waals surface area contributed by atoms with Crippen molar-refractivity contribution in [3.63, 3.8) is 0 Å². The summed E-state index contributed by atoms with van der Waals surface area (Å²) in [6, 6.07) is 5.63. The minimum atomic E-state index is -4.26. The number of piperidine rings is 1. The van der Waals surface area contributed by atoms with Gasteiger partial charge in [0.15, 0.2) is 0 Å². The lowest BCUT2D eigenvalue weighted by atomic mass is 10.1. The minimum absolute atomic E-state index is 0.559. The zero-order valence-electron chi connectivity index (χ0n) is 11.5. The first kappa shape index (κ1) is 13.9. The van der Waals surface area contributed by atoms with Crippen LogP contribution in [0.3, 0.4) is 0 Å². The van der Waals surface area contributed by atoms with Crippen molar-refractivity contribution in [3.8, 4) is 0 Å². The molecule has 1 saturated carbocycles. The fourth-order valence-corrected chi connectivity index (χ4v) is 3.40. The van der Waals surface area contributed by atoms with Crippen LogP contribution >= 0.6 is 0 Å². The molecule has 0 amide bonds. The number of rotatable bonds is 4. The van der Waals surface area contributed by atoms with Gasteiger partial charge in [-0.2, -0.15) is 13.2 Å². The van der Waals surface area contributed by atoms with E-state index in [1.165, 1.54) is 12.1 Å². The summed E-state index contributed by atoms with van der Waals surface area (Å²) in [4.78, 5) is 2.14. The van der Waals surface area contributed by atoms with E-state index in [1.54, 1.807) is 6.07 Å². The summed E-state index contributed by atoms with van der Waals surface area (Å²) in [6.07, 6.45) is -4.26. The summed E-state index contributed by atoms with van der Waals surface area (Å²) in [6.45, 7) is 3.76. The molecule has 1 saturated heterocycles. The molecule has 1 heterocycles. The molecule has 0 bridgehead atoms. The second kappa shape index (κ2) is 5.04. The van der Waals surface area contributed by atoms with Crippen LogP contribution in [0.25, 0.3) is 0 Å². The highest BCUT2D eigenvalue weighted by Crippen LogP contribution is 2.48. The first-order chi connectivity index (χ1) is 9.45. The zero-order valence-corrected chi connectivity index (χ0v) is 11.5. The number of hydrogen-bond acceptors (Lipinski definition) is 2. The van der Waals surface area contributed by atoms with Crippen molar-refractivity contribution in [2.45, 2.75) is 12.7 Å². The Kier molecular flexibility index (Phi) is 3.50. The highest BCUT2D eigenvalue weighted by molar-refractivity contribution is 5.25. The van der Waals surface area contributed by atoms with Crippen LogP contribution in [0.4, 0.5) is 13.2 Å². The molecule has 20 heavy (non-hydrogen) atoms. The van der Waals surface area contributed by atoms with E-state index in [0.717, 1.165) is 49.0 Å². The molecular formula is C15H19F3N2. The summed E-state index contributed by atoms with van der Waals surface area (Å²) in [5.74, 6) is 2.31. The normalized spacial score (nSPS) is 28.8. The lowest BCUT2D eigenvalue weighted by Gasteiger charge is -2.18. The van der Waals surface area contributed by atoms with Gasteiger partial charge in [0.05, 0.1) is 5.56 Å². The molecule has 3 rings (SSSR count). The van der Waals surface area contributed by atoms with Crippen molar-refractivity contribution in [2.75, 3.05) is 26.7 Å². The average molecular weight is 284 g/mol. The Labute approximate surface area is 117 Å². The first-order valence-electron chi connectivity index (χ1n) is 7.00. The van der Waals surface area contributed by atoms with E-state index >= 15 is 0 Å². The predicted molar refractivity (Wildman–Crippen MR) is 71.1 cm³/mol. The van der Waals surface area contributed by atoms with Gasteiger partial charge in [-0.25, -0.2) is 0 Å². The second-order valence-corrected chi connectivity index (χ2v) is 6.04. The van der Waals surface area contributed by atoms with Crippen LogP contribution in [0, 0.1) is 17.8 Å². The fourth-order valence-electron chi connectivity index (χ4n) is 3.40. The topological polar surface area (TPSA) is 15.3 Å². The molecule has 110 valence electrons. The van der Waals surface area contributed by atoms with Crippen molar-refractivity contribution in [1.29, 1.82) is 0 Å². The Bertz CT molecular complexity index is 476. The van der Waals surface area contributed by atoms with Crippen molar-refractivity contribution in [3.05, 3.63) is 35.4 Å². The fraction of sp³-hybridized carbons (Fsp3) is 0.600. The molecule has 1 aromatic rings. The third-order valence-electron chi connectivity index (χ3n) is 4.50. The monoisotopic (exact) mass is 284 g/mol. The maximum Gasteiger partial charge on any atom is 0.416 e. The van der Waals surface area contributed by atoms with Gasteiger partial charge in [0.1, 0.15) is 0 Å². The Morgan fingerprint density at radius 3 is 2.60 bits per heavy atom.